The van der Waals surface area contributed by atoms with Crippen LogP contribution in [0.5, 0.6) is 0 Å². The molecule has 0 unspecified atom stereocenters. The molecule has 0 fully saturated rings. The van der Waals surface area contributed by atoms with Gasteiger partial charge in [0.15, 0.2) is 0 Å². The second kappa shape index (κ2) is 5.73. The molecule has 0 aliphatic rings. The van der Waals surface area contributed by atoms with Crippen LogP contribution in [-0.4, -0.2) is 18.8 Å². The minimum absolute atomic E-state index is 0.359. The van der Waals surface area contributed by atoms with Crippen LogP contribution in [0.3, 0.4) is 0 Å². The maximum absolute atomic E-state index is 11.0. The Kier molecular flexibility index (Phi) is 4.30. The van der Waals surface area contributed by atoms with Gasteiger partial charge in [-0.3, -0.25) is 5.43 Å². The Morgan fingerprint density at radius 3 is 2.94 bits per heavy atom. The molecule has 1 aromatic carbocycles. The third kappa shape index (κ3) is 3.26. The lowest BCUT2D eigenvalue weighted by Gasteiger charge is -2.00. The van der Waals surface area contributed by atoms with Crippen LogP contribution in [-0.2, 0) is 9.53 Å². The molecule has 0 bridgehead atoms. The van der Waals surface area contributed by atoms with Crippen molar-refractivity contribution in [1.29, 1.82) is 5.26 Å². The molecule has 1 rings (SSSR count). The number of hydrogen-bond acceptors (Lipinski definition) is 5. The maximum Gasteiger partial charge on any atom is 0.369 e. The first-order valence-electron chi connectivity index (χ1n) is 4.25. The number of carbonyl (C=O) groups excluding carboxylic acids is 1. The van der Waals surface area contributed by atoms with Crippen molar-refractivity contribution in [2.45, 2.75) is 0 Å². The summed E-state index contributed by atoms with van der Waals surface area (Å²) in [4.78, 5) is 11.0. The number of halogens is 1. The van der Waals surface area contributed by atoms with Crippen molar-refractivity contribution >= 4 is 29.0 Å². The molecule has 0 heterocycles. The largest absolute Gasteiger partial charge is 0.464 e. The molecule has 0 saturated heterocycles. The molecule has 1 aromatic rings. The van der Waals surface area contributed by atoms with E-state index in [4.69, 9.17) is 16.9 Å². The van der Waals surface area contributed by atoms with E-state index in [1.165, 1.54) is 7.11 Å². The molecule has 0 aliphatic carbocycles. The Bertz CT molecular complexity index is 465. The summed E-state index contributed by atoms with van der Waals surface area (Å²) < 4.78 is 4.36. The quantitative estimate of drug-likeness (QED) is 0.494. The van der Waals surface area contributed by atoms with E-state index in [0.29, 0.717) is 10.7 Å². The molecule has 82 valence electrons. The number of ether oxygens (including phenoxy) is 1. The minimum Gasteiger partial charge on any atom is -0.464 e. The second-order valence-corrected chi connectivity index (χ2v) is 3.12. The second-order valence-electron chi connectivity index (χ2n) is 2.69. The molecule has 0 aliphatic heterocycles. The van der Waals surface area contributed by atoms with E-state index in [0.717, 1.165) is 0 Å². The maximum atomic E-state index is 11.0. The average molecular weight is 238 g/mol. The zero-order valence-electron chi connectivity index (χ0n) is 8.40. The highest BCUT2D eigenvalue weighted by Crippen LogP contribution is 2.14. The zero-order valence-corrected chi connectivity index (χ0v) is 9.15. The predicted molar refractivity (Wildman–Crippen MR) is 60.1 cm³/mol. The summed E-state index contributed by atoms with van der Waals surface area (Å²) in [6.07, 6.45) is 0. The van der Waals surface area contributed by atoms with Gasteiger partial charge in [-0.25, -0.2) is 4.79 Å². The molecule has 1 N–H and O–H groups in total. The molecular weight excluding hydrogens is 230 g/mol. The van der Waals surface area contributed by atoms with Gasteiger partial charge in [0.25, 0.3) is 0 Å². The van der Waals surface area contributed by atoms with Crippen molar-refractivity contribution in [2.24, 2.45) is 5.10 Å². The number of hydrazone groups is 1. The smallest absolute Gasteiger partial charge is 0.369 e. The Morgan fingerprint density at radius 1 is 1.62 bits per heavy atom. The van der Waals surface area contributed by atoms with Gasteiger partial charge in [0, 0.05) is 5.02 Å². The number of methoxy groups -OCH3 is 1. The molecule has 0 amide bonds. The van der Waals surface area contributed by atoms with Gasteiger partial charge >= 0.3 is 5.97 Å². The van der Waals surface area contributed by atoms with Gasteiger partial charge in [-0.1, -0.05) is 17.7 Å². The van der Waals surface area contributed by atoms with Gasteiger partial charge < -0.3 is 4.74 Å². The van der Waals surface area contributed by atoms with Crippen molar-refractivity contribution in [3.63, 3.8) is 0 Å². The lowest BCUT2D eigenvalue weighted by Crippen LogP contribution is -2.15. The van der Waals surface area contributed by atoms with E-state index in [-0.39, 0.29) is 5.71 Å². The summed E-state index contributed by atoms with van der Waals surface area (Å²) in [6.45, 7) is 0. The minimum atomic E-state index is -0.794. The Morgan fingerprint density at radius 2 is 2.38 bits per heavy atom. The molecule has 6 heteroatoms. The van der Waals surface area contributed by atoms with E-state index in [2.05, 4.69) is 15.3 Å². The van der Waals surface area contributed by atoms with Crippen molar-refractivity contribution in [3.05, 3.63) is 29.3 Å². The van der Waals surface area contributed by atoms with E-state index in [1.54, 1.807) is 30.3 Å². The number of esters is 1. The standard InChI is InChI=1S/C10H8ClN3O2/c1-16-10(15)9(6-12)14-13-8-4-2-3-7(11)5-8/h2-5,13H,1H3/b14-9+. The molecule has 0 spiro atoms. The van der Waals surface area contributed by atoms with Gasteiger partial charge in [0.2, 0.25) is 5.71 Å². The van der Waals surface area contributed by atoms with Crippen LogP contribution in [0.25, 0.3) is 0 Å². The number of hydrogen-bond donors (Lipinski definition) is 1. The summed E-state index contributed by atoms with van der Waals surface area (Å²) in [7, 11) is 1.18. The highest BCUT2D eigenvalue weighted by molar-refractivity contribution is 6.43. The Hall–Kier alpha value is -2.06. The molecular formula is C10H8ClN3O2. The van der Waals surface area contributed by atoms with Gasteiger partial charge in [-0.15, -0.1) is 0 Å². The zero-order chi connectivity index (χ0) is 12.0. The highest BCUT2D eigenvalue weighted by atomic mass is 35.5. The van der Waals surface area contributed by atoms with Crippen LogP contribution >= 0.6 is 11.6 Å². The topological polar surface area (TPSA) is 74.5 Å². The fourth-order valence-corrected chi connectivity index (χ4v) is 1.08. The van der Waals surface area contributed by atoms with Gasteiger partial charge in [0.1, 0.15) is 6.07 Å². The summed E-state index contributed by atoms with van der Waals surface area (Å²) in [5.41, 5.74) is 2.75. The number of rotatable bonds is 3. The molecule has 0 atom stereocenters. The van der Waals surface area contributed by atoms with Crippen molar-refractivity contribution in [2.75, 3.05) is 12.5 Å². The van der Waals surface area contributed by atoms with E-state index in [9.17, 15) is 4.79 Å². The third-order valence-electron chi connectivity index (χ3n) is 1.61. The number of anilines is 1. The number of nitriles is 1. The molecule has 5 nitrogen and oxygen atoms in total. The van der Waals surface area contributed by atoms with Gasteiger partial charge in [-0.05, 0) is 18.2 Å². The molecule has 0 aromatic heterocycles. The first kappa shape index (κ1) is 12.0. The van der Waals surface area contributed by atoms with E-state index < -0.39 is 5.97 Å². The van der Waals surface area contributed by atoms with Crippen molar-refractivity contribution in [1.82, 2.24) is 0 Å². The van der Waals surface area contributed by atoms with E-state index in [1.807, 2.05) is 0 Å². The molecule has 0 saturated carbocycles. The lowest BCUT2D eigenvalue weighted by molar-refractivity contribution is -0.132. The third-order valence-corrected chi connectivity index (χ3v) is 1.84. The summed E-state index contributed by atoms with van der Waals surface area (Å²) in [6, 6.07) is 8.33. The van der Waals surface area contributed by atoms with Crippen molar-refractivity contribution in [3.8, 4) is 6.07 Å². The highest BCUT2D eigenvalue weighted by Gasteiger charge is 2.10. The Labute approximate surface area is 97.3 Å². The SMILES string of the molecule is COC(=O)/C(C#N)=N/Nc1cccc(Cl)c1. The number of benzene rings is 1. The summed E-state index contributed by atoms with van der Waals surface area (Å²) in [5.74, 6) is -0.794. The van der Waals surface area contributed by atoms with Crippen LogP contribution in [0.2, 0.25) is 5.02 Å². The number of nitrogens with one attached hydrogen (secondary N) is 1. The number of carbonyl (C=O) groups is 1. The fourth-order valence-electron chi connectivity index (χ4n) is 0.891. The lowest BCUT2D eigenvalue weighted by atomic mass is 10.3. The predicted octanol–water partition coefficient (Wildman–Crippen LogP) is 1.80. The summed E-state index contributed by atoms with van der Waals surface area (Å²) >= 11 is 5.74. The van der Waals surface area contributed by atoms with Crippen LogP contribution in [0, 0.1) is 11.3 Å². The van der Waals surface area contributed by atoms with Crippen LogP contribution in [0.15, 0.2) is 29.4 Å². The van der Waals surface area contributed by atoms with Crippen molar-refractivity contribution < 1.29 is 9.53 Å². The van der Waals surface area contributed by atoms with Crippen LogP contribution < -0.4 is 5.43 Å². The van der Waals surface area contributed by atoms with Crippen LogP contribution in [0.4, 0.5) is 5.69 Å². The monoisotopic (exact) mass is 237 g/mol. The molecule has 16 heavy (non-hydrogen) atoms. The van der Waals surface area contributed by atoms with E-state index >= 15 is 0 Å². The first-order chi connectivity index (χ1) is 7.67. The molecule has 0 radical (unpaired) electrons. The average Bonchev–Trinajstić information content (AvgIpc) is 2.29. The first-order valence-corrected chi connectivity index (χ1v) is 4.63. The fraction of sp³-hybridized carbons (Fsp3) is 0.100. The Balaban J connectivity index is 2.79. The summed E-state index contributed by atoms with van der Waals surface area (Å²) in [5, 5.41) is 12.7. The van der Waals surface area contributed by atoms with Gasteiger partial charge in [-0.2, -0.15) is 10.4 Å². The normalized spacial score (nSPS) is 10.4. The number of nitrogens with zero attached hydrogens (tertiary/aromatic N) is 2. The van der Waals surface area contributed by atoms with Crippen LogP contribution in [0.1, 0.15) is 0 Å². The van der Waals surface area contributed by atoms with Gasteiger partial charge in [0.05, 0.1) is 12.8 Å².